The van der Waals surface area contributed by atoms with Gasteiger partial charge in [-0.1, -0.05) is 12.1 Å². The van der Waals surface area contributed by atoms with Gasteiger partial charge in [0.15, 0.2) is 5.82 Å². The Labute approximate surface area is 183 Å². The summed E-state index contributed by atoms with van der Waals surface area (Å²) in [7, 11) is 0. The molecule has 3 aliphatic heterocycles. The molecule has 4 heterocycles. The average molecular weight is 459 g/mol. The van der Waals surface area contributed by atoms with Crippen LogP contribution in [0.4, 0.5) is 18.0 Å². The number of aromatic nitrogens is 2. The van der Waals surface area contributed by atoms with E-state index in [-0.39, 0.29) is 36.7 Å². The number of rotatable bonds is 3. The standard InChI is InChI=1S/C20H28F3N5O4/c1-3-19-12-28(9-6-18(19,2)31-11-15(29)25-19)17(30)27-7-4-13(5-8-27)10-14-24-16(32-26-14)20(21,22)23/h13H,3-12H2,1-2H3,(H,25,29)/t18-,19+/m0/s1. The number of hydrogen-bond acceptors (Lipinski definition) is 6. The number of hydrogen-bond donors (Lipinski definition) is 1. The van der Waals surface area contributed by atoms with Gasteiger partial charge in [-0.15, -0.1) is 0 Å². The first-order valence-corrected chi connectivity index (χ1v) is 10.9. The summed E-state index contributed by atoms with van der Waals surface area (Å²) >= 11 is 0. The SMILES string of the molecule is CC[C@@]12CN(C(=O)N3CCC(Cc4noc(C(F)(F)F)n4)CC3)CC[C@]1(C)OCC(=O)N2. The van der Waals surface area contributed by atoms with Gasteiger partial charge in [0.05, 0.1) is 11.1 Å². The van der Waals surface area contributed by atoms with Gasteiger partial charge in [0.1, 0.15) is 6.61 Å². The zero-order valence-corrected chi connectivity index (χ0v) is 18.2. The normalized spacial score (nSPS) is 29.6. The number of urea groups is 1. The molecule has 0 aromatic carbocycles. The first-order valence-electron chi connectivity index (χ1n) is 10.9. The Bertz CT molecular complexity index is 870. The molecule has 0 unspecified atom stereocenters. The maximum Gasteiger partial charge on any atom is 0.471 e. The van der Waals surface area contributed by atoms with Gasteiger partial charge in [-0.05, 0) is 38.5 Å². The minimum absolute atomic E-state index is 0.0323. The Kier molecular flexibility index (Phi) is 5.84. The molecule has 3 saturated heterocycles. The number of halogens is 3. The van der Waals surface area contributed by atoms with Crippen LogP contribution < -0.4 is 5.32 Å². The third-order valence-corrected chi connectivity index (χ3v) is 7.17. The molecule has 1 N–H and O–H groups in total. The molecule has 9 nitrogen and oxygen atoms in total. The Morgan fingerprint density at radius 1 is 1.25 bits per heavy atom. The van der Waals surface area contributed by atoms with Crippen molar-refractivity contribution in [2.75, 3.05) is 32.8 Å². The molecule has 3 aliphatic rings. The van der Waals surface area contributed by atoms with Crippen molar-refractivity contribution < 1.29 is 32.0 Å². The molecule has 0 bridgehead atoms. The van der Waals surface area contributed by atoms with Crippen molar-refractivity contribution in [2.24, 2.45) is 5.92 Å². The molecule has 0 spiro atoms. The van der Waals surface area contributed by atoms with E-state index >= 15 is 0 Å². The highest BCUT2D eigenvalue weighted by Gasteiger charge is 2.56. The molecule has 0 saturated carbocycles. The molecule has 0 aliphatic carbocycles. The summed E-state index contributed by atoms with van der Waals surface area (Å²) in [6, 6.07) is -0.0860. The van der Waals surface area contributed by atoms with Crippen molar-refractivity contribution >= 4 is 11.9 Å². The van der Waals surface area contributed by atoms with Crippen LogP contribution in [0.2, 0.25) is 0 Å². The number of carbonyl (C=O) groups is 2. The number of alkyl halides is 3. The summed E-state index contributed by atoms with van der Waals surface area (Å²) in [5.74, 6) is -1.39. The smallest absolute Gasteiger partial charge is 0.363 e. The quantitative estimate of drug-likeness (QED) is 0.744. The molecule has 4 rings (SSSR count). The Balaban J connectivity index is 1.33. The molecule has 12 heteroatoms. The van der Waals surface area contributed by atoms with Crippen molar-refractivity contribution in [3.05, 3.63) is 11.7 Å². The maximum atomic E-state index is 13.2. The minimum Gasteiger partial charge on any atom is -0.363 e. The zero-order chi connectivity index (χ0) is 23.1. The van der Waals surface area contributed by atoms with Crippen molar-refractivity contribution in [3.8, 4) is 0 Å². The highest BCUT2D eigenvalue weighted by atomic mass is 19.4. The second-order valence-corrected chi connectivity index (χ2v) is 9.11. The summed E-state index contributed by atoms with van der Waals surface area (Å²) < 4.78 is 48.0. The monoisotopic (exact) mass is 459 g/mol. The van der Waals surface area contributed by atoms with Crippen LogP contribution in [0, 0.1) is 5.92 Å². The number of nitrogens with one attached hydrogen (secondary N) is 1. The average Bonchev–Trinajstić information content (AvgIpc) is 3.23. The summed E-state index contributed by atoms with van der Waals surface area (Å²) in [6.45, 7) is 5.93. The van der Waals surface area contributed by atoms with Crippen molar-refractivity contribution in [2.45, 2.75) is 63.3 Å². The fraction of sp³-hybridized carbons (Fsp3) is 0.800. The third-order valence-electron chi connectivity index (χ3n) is 7.17. The van der Waals surface area contributed by atoms with E-state index in [9.17, 15) is 22.8 Å². The van der Waals surface area contributed by atoms with Gasteiger partial charge in [0.25, 0.3) is 0 Å². The summed E-state index contributed by atoms with van der Waals surface area (Å²) in [5.41, 5.74) is -1.14. The summed E-state index contributed by atoms with van der Waals surface area (Å²) in [4.78, 5) is 32.2. The van der Waals surface area contributed by atoms with Gasteiger partial charge in [0.2, 0.25) is 5.91 Å². The van der Waals surface area contributed by atoms with Crippen LogP contribution in [0.1, 0.15) is 51.2 Å². The molecule has 32 heavy (non-hydrogen) atoms. The first kappa shape index (κ1) is 22.8. The number of amides is 3. The van der Waals surface area contributed by atoms with E-state index in [1.165, 1.54) is 0 Å². The first-order chi connectivity index (χ1) is 15.1. The van der Waals surface area contributed by atoms with Gasteiger partial charge in [-0.3, -0.25) is 4.79 Å². The van der Waals surface area contributed by atoms with Crippen LogP contribution >= 0.6 is 0 Å². The fourth-order valence-corrected chi connectivity index (χ4v) is 5.05. The lowest BCUT2D eigenvalue weighted by Crippen LogP contribution is -2.76. The van der Waals surface area contributed by atoms with Crippen LogP contribution in [-0.4, -0.2) is 75.8 Å². The number of fused-ring (bicyclic) bond motifs is 1. The minimum atomic E-state index is -4.65. The highest BCUT2D eigenvalue weighted by Crippen LogP contribution is 2.40. The number of ether oxygens (including phenoxy) is 1. The van der Waals surface area contributed by atoms with E-state index in [1.807, 2.05) is 13.8 Å². The second-order valence-electron chi connectivity index (χ2n) is 9.11. The van der Waals surface area contributed by atoms with Gasteiger partial charge >= 0.3 is 18.1 Å². The van der Waals surface area contributed by atoms with E-state index in [1.54, 1.807) is 9.80 Å². The Morgan fingerprint density at radius 2 is 1.97 bits per heavy atom. The van der Waals surface area contributed by atoms with E-state index < -0.39 is 23.2 Å². The lowest BCUT2D eigenvalue weighted by molar-refractivity contribution is -0.177. The molecular formula is C20H28F3N5O4. The molecular weight excluding hydrogens is 431 g/mol. The van der Waals surface area contributed by atoms with E-state index in [4.69, 9.17) is 4.74 Å². The molecule has 0 radical (unpaired) electrons. The number of morpholine rings is 1. The number of nitrogens with zero attached hydrogens (tertiary/aromatic N) is 4. The molecule has 1 aromatic rings. The van der Waals surface area contributed by atoms with E-state index in [2.05, 4.69) is 20.0 Å². The third kappa shape index (κ3) is 4.16. The van der Waals surface area contributed by atoms with Crippen LogP contribution in [-0.2, 0) is 22.1 Å². The van der Waals surface area contributed by atoms with E-state index in [0.717, 1.165) is 0 Å². The lowest BCUT2D eigenvalue weighted by atomic mass is 9.72. The Hall–Kier alpha value is -2.37. The predicted molar refractivity (Wildman–Crippen MR) is 104 cm³/mol. The van der Waals surface area contributed by atoms with Crippen molar-refractivity contribution in [1.82, 2.24) is 25.3 Å². The topological polar surface area (TPSA) is 101 Å². The number of piperidine rings is 2. The van der Waals surface area contributed by atoms with Gasteiger partial charge in [0, 0.05) is 32.6 Å². The Morgan fingerprint density at radius 3 is 2.59 bits per heavy atom. The zero-order valence-electron chi connectivity index (χ0n) is 18.2. The predicted octanol–water partition coefficient (Wildman–Crippen LogP) is 2.22. The number of likely N-dealkylation sites (tertiary alicyclic amines) is 2. The molecule has 2 atom stereocenters. The summed E-state index contributed by atoms with van der Waals surface area (Å²) in [6.07, 6.45) is -1.80. The van der Waals surface area contributed by atoms with E-state index in [0.29, 0.717) is 51.9 Å². The van der Waals surface area contributed by atoms with Crippen LogP contribution in [0.15, 0.2) is 4.52 Å². The molecule has 178 valence electrons. The highest BCUT2D eigenvalue weighted by molar-refractivity contribution is 5.80. The maximum absolute atomic E-state index is 13.2. The lowest BCUT2D eigenvalue weighted by Gasteiger charge is -2.57. The van der Waals surface area contributed by atoms with Crippen LogP contribution in [0.5, 0.6) is 0 Å². The second kappa shape index (κ2) is 8.20. The van der Waals surface area contributed by atoms with Crippen LogP contribution in [0.25, 0.3) is 0 Å². The van der Waals surface area contributed by atoms with Crippen molar-refractivity contribution in [1.29, 1.82) is 0 Å². The summed E-state index contributed by atoms with van der Waals surface area (Å²) in [5, 5.41) is 6.51. The number of carbonyl (C=O) groups excluding carboxylic acids is 2. The molecule has 3 amide bonds. The van der Waals surface area contributed by atoms with Gasteiger partial charge in [-0.2, -0.15) is 18.2 Å². The van der Waals surface area contributed by atoms with Gasteiger partial charge < -0.3 is 24.4 Å². The fourth-order valence-electron chi connectivity index (χ4n) is 5.05. The van der Waals surface area contributed by atoms with Gasteiger partial charge in [-0.25, -0.2) is 4.79 Å². The van der Waals surface area contributed by atoms with Crippen molar-refractivity contribution in [3.63, 3.8) is 0 Å². The van der Waals surface area contributed by atoms with Crippen LogP contribution in [0.3, 0.4) is 0 Å². The molecule has 3 fully saturated rings. The molecule has 1 aromatic heterocycles. The largest absolute Gasteiger partial charge is 0.471 e.